The molecule has 2 aromatic rings. The van der Waals surface area contributed by atoms with Gasteiger partial charge >= 0.3 is 12.1 Å². The molecule has 1 N–H and O–H groups in total. The minimum atomic E-state index is -4.57. The Morgan fingerprint density at radius 2 is 2.11 bits per heavy atom. The molecule has 0 radical (unpaired) electrons. The molecule has 0 aliphatic heterocycles. The van der Waals surface area contributed by atoms with E-state index in [1.807, 2.05) is 0 Å². The highest BCUT2D eigenvalue weighted by atomic mass is 35.5. The molecule has 0 fully saturated rings. The van der Waals surface area contributed by atoms with Crippen LogP contribution in [0, 0.1) is 0 Å². The SMILES string of the molecule is CCOC(=O)CCCNC(=O)CSc1nnc2c(Cl)cc(C(F)(F)F)cn12. The summed E-state index contributed by atoms with van der Waals surface area (Å²) in [6.45, 7) is 2.28. The third kappa shape index (κ3) is 5.99. The zero-order valence-corrected chi connectivity index (χ0v) is 15.7. The lowest BCUT2D eigenvalue weighted by molar-refractivity contribution is -0.143. The van der Waals surface area contributed by atoms with E-state index in [2.05, 4.69) is 15.5 Å². The van der Waals surface area contributed by atoms with E-state index in [9.17, 15) is 22.8 Å². The average Bonchev–Trinajstić information content (AvgIpc) is 3.00. The molecule has 0 aromatic carbocycles. The quantitative estimate of drug-likeness (QED) is 0.398. The van der Waals surface area contributed by atoms with Crippen LogP contribution >= 0.6 is 23.4 Å². The lowest BCUT2D eigenvalue weighted by Crippen LogP contribution is -2.26. The van der Waals surface area contributed by atoms with Crippen LogP contribution in [0.3, 0.4) is 0 Å². The van der Waals surface area contributed by atoms with E-state index in [0.29, 0.717) is 13.0 Å². The third-order valence-electron chi connectivity index (χ3n) is 3.27. The number of hydrogen-bond donors (Lipinski definition) is 1. The predicted molar refractivity (Wildman–Crippen MR) is 92.6 cm³/mol. The van der Waals surface area contributed by atoms with Gasteiger partial charge in [-0.2, -0.15) is 13.2 Å². The van der Waals surface area contributed by atoms with E-state index >= 15 is 0 Å². The van der Waals surface area contributed by atoms with Crippen molar-refractivity contribution >= 4 is 40.9 Å². The average molecular weight is 425 g/mol. The van der Waals surface area contributed by atoms with E-state index in [-0.39, 0.29) is 46.4 Å². The molecular formula is C15H16ClF3N4O3S. The maximum Gasteiger partial charge on any atom is 0.417 e. The number of ether oxygens (including phenoxy) is 1. The summed E-state index contributed by atoms with van der Waals surface area (Å²) in [5.41, 5.74) is -0.868. The summed E-state index contributed by atoms with van der Waals surface area (Å²) in [7, 11) is 0. The van der Waals surface area contributed by atoms with Crippen LogP contribution in [0.5, 0.6) is 0 Å². The van der Waals surface area contributed by atoms with Gasteiger partial charge in [0.1, 0.15) is 0 Å². The normalized spacial score (nSPS) is 11.6. The van der Waals surface area contributed by atoms with Gasteiger partial charge < -0.3 is 10.1 Å². The molecule has 0 aliphatic rings. The number of alkyl halides is 3. The monoisotopic (exact) mass is 424 g/mol. The number of nitrogens with one attached hydrogen (secondary N) is 1. The number of rotatable bonds is 8. The first-order valence-electron chi connectivity index (χ1n) is 7.89. The predicted octanol–water partition coefficient (Wildman–Crippen LogP) is 2.95. The summed E-state index contributed by atoms with van der Waals surface area (Å²) in [4.78, 5) is 23.0. The lowest BCUT2D eigenvalue weighted by Gasteiger charge is -2.08. The first-order valence-corrected chi connectivity index (χ1v) is 9.25. The minimum absolute atomic E-state index is 0.0713. The van der Waals surface area contributed by atoms with E-state index in [1.165, 1.54) is 0 Å². The second-order valence-electron chi connectivity index (χ2n) is 5.30. The molecule has 0 atom stereocenters. The van der Waals surface area contributed by atoms with Gasteiger partial charge in [-0.3, -0.25) is 14.0 Å². The van der Waals surface area contributed by atoms with Crippen LogP contribution < -0.4 is 5.32 Å². The topological polar surface area (TPSA) is 85.6 Å². The molecular weight excluding hydrogens is 409 g/mol. The number of fused-ring (bicyclic) bond motifs is 1. The summed E-state index contributed by atoms with van der Waals surface area (Å²) in [6.07, 6.45) is -3.12. The van der Waals surface area contributed by atoms with Crippen molar-refractivity contribution in [2.24, 2.45) is 0 Å². The number of halogens is 4. The van der Waals surface area contributed by atoms with Gasteiger partial charge in [-0.15, -0.1) is 10.2 Å². The maximum absolute atomic E-state index is 12.9. The number of amides is 1. The molecule has 2 aromatic heterocycles. The molecule has 1 amide bonds. The second kappa shape index (κ2) is 9.27. The molecule has 27 heavy (non-hydrogen) atoms. The van der Waals surface area contributed by atoms with Crippen LogP contribution in [-0.4, -0.2) is 45.4 Å². The molecule has 148 valence electrons. The van der Waals surface area contributed by atoms with Crippen molar-refractivity contribution in [3.05, 3.63) is 22.8 Å². The van der Waals surface area contributed by atoms with Gasteiger partial charge in [-0.1, -0.05) is 23.4 Å². The smallest absolute Gasteiger partial charge is 0.417 e. The highest BCUT2D eigenvalue weighted by molar-refractivity contribution is 7.99. The Bertz CT molecular complexity index is 828. The van der Waals surface area contributed by atoms with Crippen molar-refractivity contribution in [2.45, 2.75) is 31.1 Å². The van der Waals surface area contributed by atoms with E-state index < -0.39 is 11.7 Å². The van der Waals surface area contributed by atoms with Crippen LogP contribution in [0.1, 0.15) is 25.3 Å². The minimum Gasteiger partial charge on any atom is -0.466 e. The van der Waals surface area contributed by atoms with Crippen molar-refractivity contribution in [1.82, 2.24) is 19.9 Å². The number of carbonyl (C=O) groups excluding carboxylic acids is 2. The van der Waals surface area contributed by atoms with Gasteiger partial charge in [0.2, 0.25) is 5.91 Å². The van der Waals surface area contributed by atoms with E-state index in [1.54, 1.807) is 6.92 Å². The first kappa shape index (κ1) is 21.3. The molecule has 0 spiro atoms. The van der Waals surface area contributed by atoms with Gasteiger partial charge in [-0.05, 0) is 19.4 Å². The van der Waals surface area contributed by atoms with Crippen molar-refractivity contribution in [3.63, 3.8) is 0 Å². The summed E-state index contributed by atoms with van der Waals surface area (Å²) in [5.74, 6) is -0.763. The largest absolute Gasteiger partial charge is 0.466 e. The fourth-order valence-corrected chi connectivity index (χ4v) is 3.05. The standard InChI is InChI=1S/C15H16ClF3N4O3S/c1-2-26-12(25)4-3-5-20-11(24)8-27-14-22-21-13-10(16)6-9(7-23(13)14)15(17,18)19/h6-7H,2-5,8H2,1H3,(H,20,24). The zero-order chi connectivity index (χ0) is 20.0. The maximum atomic E-state index is 12.9. The number of nitrogens with zero attached hydrogens (tertiary/aromatic N) is 3. The summed E-state index contributed by atoms with van der Waals surface area (Å²) < 4.78 is 44.6. The van der Waals surface area contributed by atoms with E-state index in [4.69, 9.17) is 16.3 Å². The molecule has 0 bridgehead atoms. The number of hydrogen-bond acceptors (Lipinski definition) is 6. The van der Waals surface area contributed by atoms with Gasteiger partial charge in [0, 0.05) is 19.2 Å². The van der Waals surface area contributed by atoms with Crippen molar-refractivity contribution in [2.75, 3.05) is 18.9 Å². The Kier molecular flexibility index (Phi) is 7.31. The van der Waals surface area contributed by atoms with E-state index in [0.717, 1.165) is 28.4 Å². The number of carbonyl (C=O) groups is 2. The molecule has 0 unspecified atom stereocenters. The third-order valence-corrected chi connectivity index (χ3v) is 4.49. The highest BCUT2D eigenvalue weighted by Gasteiger charge is 2.32. The van der Waals surface area contributed by atoms with Crippen LogP contribution in [0.25, 0.3) is 5.65 Å². The van der Waals surface area contributed by atoms with Crippen LogP contribution in [0.4, 0.5) is 13.2 Å². The Morgan fingerprint density at radius 1 is 1.37 bits per heavy atom. The van der Waals surface area contributed by atoms with Crippen LogP contribution in [-0.2, 0) is 20.5 Å². The van der Waals surface area contributed by atoms with Crippen LogP contribution in [0.2, 0.25) is 5.02 Å². The molecule has 0 saturated heterocycles. The fraction of sp³-hybridized carbons (Fsp3) is 0.467. The lowest BCUT2D eigenvalue weighted by atomic mass is 10.3. The number of aromatic nitrogens is 3. The molecule has 0 aliphatic carbocycles. The Morgan fingerprint density at radius 3 is 2.78 bits per heavy atom. The van der Waals surface area contributed by atoms with Crippen molar-refractivity contribution in [3.8, 4) is 0 Å². The zero-order valence-electron chi connectivity index (χ0n) is 14.2. The Balaban J connectivity index is 1.92. The van der Waals surface area contributed by atoms with Gasteiger partial charge in [0.05, 0.1) is 22.9 Å². The van der Waals surface area contributed by atoms with Crippen molar-refractivity contribution < 1.29 is 27.5 Å². The Hall–Kier alpha value is -2.01. The summed E-state index contributed by atoms with van der Waals surface area (Å²) >= 11 is 6.75. The highest BCUT2D eigenvalue weighted by Crippen LogP contribution is 2.33. The molecule has 2 heterocycles. The number of thioether (sulfide) groups is 1. The van der Waals surface area contributed by atoms with Gasteiger partial charge in [0.25, 0.3) is 0 Å². The number of pyridine rings is 1. The number of esters is 1. The molecule has 0 saturated carbocycles. The summed E-state index contributed by atoms with van der Waals surface area (Å²) in [6, 6.07) is 0.774. The van der Waals surface area contributed by atoms with Crippen LogP contribution in [0.15, 0.2) is 17.4 Å². The molecule has 2 rings (SSSR count). The molecule has 12 heteroatoms. The van der Waals surface area contributed by atoms with Gasteiger partial charge in [-0.25, -0.2) is 0 Å². The Labute approximate surface area is 161 Å². The second-order valence-corrected chi connectivity index (χ2v) is 6.65. The molecule has 7 nitrogen and oxygen atoms in total. The summed E-state index contributed by atoms with van der Waals surface area (Å²) in [5, 5.41) is 10.0. The van der Waals surface area contributed by atoms with Crippen molar-refractivity contribution in [1.29, 1.82) is 0 Å². The van der Waals surface area contributed by atoms with Gasteiger partial charge in [0.15, 0.2) is 10.8 Å². The first-order chi connectivity index (χ1) is 12.7. The fourth-order valence-electron chi connectivity index (χ4n) is 2.06.